The maximum atomic E-state index is 12.1. The minimum absolute atomic E-state index is 0.0417. The smallest absolute Gasteiger partial charge is 0.262 e. The number of nitrogens with two attached hydrogens (primary N) is 1. The summed E-state index contributed by atoms with van der Waals surface area (Å²) in [5.41, 5.74) is 7.07. The molecule has 0 saturated carbocycles. The van der Waals surface area contributed by atoms with Gasteiger partial charge in [-0.3, -0.25) is 9.59 Å². The Kier molecular flexibility index (Phi) is 3.15. The van der Waals surface area contributed by atoms with Crippen molar-refractivity contribution in [1.82, 2.24) is 4.98 Å². The van der Waals surface area contributed by atoms with Crippen molar-refractivity contribution in [2.75, 3.05) is 23.0 Å². The van der Waals surface area contributed by atoms with Gasteiger partial charge in [0.25, 0.3) is 11.8 Å². The Morgan fingerprint density at radius 1 is 1.38 bits per heavy atom. The highest BCUT2D eigenvalue weighted by Gasteiger charge is 2.17. The largest absolute Gasteiger partial charge is 0.482 e. The Balaban J connectivity index is 1.81. The minimum Gasteiger partial charge on any atom is -0.482 e. The number of benzene rings is 1. The number of rotatable bonds is 2. The van der Waals surface area contributed by atoms with Gasteiger partial charge in [0.2, 0.25) is 0 Å². The van der Waals surface area contributed by atoms with Gasteiger partial charge in [-0.05, 0) is 24.3 Å². The van der Waals surface area contributed by atoms with Crippen molar-refractivity contribution in [3.8, 4) is 5.75 Å². The number of amides is 2. The van der Waals surface area contributed by atoms with Gasteiger partial charge in [0.1, 0.15) is 11.6 Å². The maximum absolute atomic E-state index is 12.1. The van der Waals surface area contributed by atoms with Crippen LogP contribution in [0.15, 0.2) is 36.5 Å². The standard InChI is InChI=1S/C14H12N4O3/c15-13-9(2-1-5-16-13)14(20)17-8-3-4-10-11(6-8)21-7-12(19)18-10/h1-6H,7H2,(H2,15,16)(H,17,20)(H,18,19). The van der Waals surface area contributed by atoms with Crippen LogP contribution in [-0.4, -0.2) is 23.4 Å². The van der Waals surface area contributed by atoms with Crippen LogP contribution < -0.4 is 21.1 Å². The van der Waals surface area contributed by atoms with E-state index in [9.17, 15) is 9.59 Å². The third kappa shape index (κ3) is 2.62. The first-order chi connectivity index (χ1) is 10.1. The molecule has 1 aliphatic heterocycles. The summed E-state index contributed by atoms with van der Waals surface area (Å²) in [5.74, 6) is 0.103. The predicted octanol–water partition coefficient (Wildman–Crippen LogP) is 1.25. The van der Waals surface area contributed by atoms with Crippen LogP contribution in [0.3, 0.4) is 0 Å². The highest BCUT2D eigenvalue weighted by molar-refractivity contribution is 6.07. The summed E-state index contributed by atoms with van der Waals surface area (Å²) in [4.78, 5) is 27.2. The molecule has 4 N–H and O–H groups in total. The average Bonchev–Trinajstić information content (AvgIpc) is 2.48. The first-order valence-corrected chi connectivity index (χ1v) is 6.22. The van der Waals surface area contributed by atoms with Gasteiger partial charge < -0.3 is 21.1 Å². The Bertz CT molecular complexity index is 730. The van der Waals surface area contributed by atoms with Crippen molar-refractivity contribution in [3.63, 3.8) is 0 Å². The zero-order valence-electron chi connectivity index (χ0n) is 10.9. The molecule has 1 aliphatic rings. The van der Waals surface area contributed by atoms with Gasteiger partial charge in [-0.1, -0.05) is 0 Å². The van der Waals surface area contributed by atoms with Gasteiger partial charge in [-0.15, -0.1) is 0 Å². The lowest BCUT2D eigenvalue weighted by molar-refractivity contribution is -0.118. The van der Waals surface area contributed by atoms with Crippen LogP contribution in [0.4, 0.5) is 17.2 Å². The molecule has 0 radical (unpaired) electrons. The summed E-state index contributed by atoms with van der Waals surface area (Å²) in [6.45, 7) is -0.0417. The first-order valence-electron chi connectivity index (χ1n) is 6.22. The number of hydrogen-bond donors (Lipinski definition) is 3. The van der Waals surface area contributed by atoms with Crippen molar-refractivity contribution in [1.29, 1.82) is 0 Å². The number of nitrogens with zero attached hydrogens (tertiary/aromatic N) is 1. The number of nitrogen functional groups attached to an aromatic ring is 1. The Hall–Kier alpha value is -3.09. The van der Waals surface area contributed by atoms with Gasteiger partial charge in [0.15, 0.2) is 6.61 Å². The van der Waals surface area contributed by atoms with Gasteiger partial charge in [0.05, 0.1) is 11.3 Å². The summed E-state index contributed by atoms with van der Waals surface area (Å²) in [6.07, 6.45) is 1.52. The number of nitrogens with one attached hydrogen (secondary N) is 2. The molecule has 7 heteroatoms. The molecule has 0 fully saturated rings. The molecule has 0 aliphatic carbocycles. The average molecular weight is 284 g/mol. The fourth-order valence-corrected chi connectivity index (χ4v) is 1.96. The van der Waals surface area contributed by atoms with E-state index in [1.165, 1.54) is 6.20 Å². The second kappa shape index (κ2) is 5.12. The van der Waals surface area contributed by atoms with Crippen molar-refractivity contribution >= 4 is 29.0 Å². The van der Waals surface area contributed by atoms with Crippen LogP contribution in [0.2, 0.25) is 0 Å². The highest BCUT2D eigenvalue weighted by atomic mass is 16.5. The van der Waals surface area contributed by atoms with Gasteiger partial charge in [-0.2, -0.15) is 0 Å². The second-order valence-electron chi connectivity index (χ2n) is 4.44. The number of carbonyl (C=O) groups is 2. The molecule has 0 spiro atoms. The monoisotopic (exact) mass is 284 g/mol. The lowest BCUT2D eigenvalue weighted by atomic mass is 10.2. The van der Waals surface area contributed by atoms with Crippen LogP contribution in [-0.2, 0) is 4.79 Å². The van der Waals surface area contributed by atoms with E-state index in [-0.39, 0.29) is 24.2 Å². The van der Waals surface area contributed by atoms with E-state index in [1.807, 2.05) is 0 Å². The van der Waals surface area contributed by atoms with E-state index in [0.717, 1.165) is 0 Å². The fraction of sp³-hybridized carbons (Fsp3) is 0.0714. The Morgan fingerprint density at radius 3 is 3.05 bits per heavy atom. The number of hydrogen-bond acceptors (Lipinski definition) is 5. The molecular weight excluding hydrogens is 272 g/mol. The maximum Gasteiger partial charge on any atom is 0.262 e. The third-order valence-corrected chi connectivity index (χ3v) is 2.96. The van der Waals surface area contributed by atoms with Crippen LogP contribution in [0, 0.1) is 0 Å². The summed E-state index contributed by atoms with van der Waals surface area (Å²) >= 11 is 0. The van der Waals surface area contributed by atoms with E-state index in [0.29, 0.717) is 22.7 Å². The number of aromatic nitrogens is 1. The molecule has 0 bridgehead atoms. The van der Waals surface area contributed by atoms with E-state index in [2.05, 4.69) is 15.6 Å². The molecule has 2 aromatic rings. The van der Waals surface area contributed by atoms with Gasteiger partial charge >= 0.3 is 0 Å². The van der Waals surface area contributed by atoms with Crippen LogP contribution in [0.5, 0.6) is 5.75 Å². The van der Waals surface area contributed by atoms with Crippen molar-refractivity contribution in [3.05, 3.63) is 42.1 Å². The summed E-state index contributed by atoms with van der Waals surface area (Å²) < 4.78 is 5.29. The number of pyridine rings is 1. The Morgan fingerprint density at radius 2 is 2.24 bits per heavy atom. The number of fused-ring (bicyclic) bond motifs is 1. The number of ether oxygens (including phenoxy) is 1. The molecule has 7 nitrogen and oxygen atoms in total. The molecule has 0 unspecified atom stereocenters. The van der Waals surface area contributed by atoms with E-state index >= 15 is 0 Å². The topological polar surface area (TPSA) is 106 Å². The highest BCUT2D eigenvalue weighted by Crippen LogP contribution is 2.30. The Labute approximate surface area is 120 Å². The van der Waals surface area contributed by atoms with Crippen LogP contribution in [0.1, 0.15) is 10.4 Å². The molecule has 106 valence electrons. The molecule has 1 aromatic heterocycles. The second-order valence-corrected chi connectivity index (χ2v) is 4.44. The zero-order chi connectivity index (χ0) is 14.8. The van der Waals surface area contributed by atoms with Crippen LogP contribution >= 0.6 is 0 Å². The third-order valence-electron chi connectivity index (χ3n) is 2.96. The molecule has 2 heterocycles. The van der Waals surface area contributed by atoms with E-state index in [4.69, 9.17) is 10.5 Å². The number of carbonyl (C=O) groups excluding carboxylic acids is 2. The molecule has 0 saturated heterocycles. The molecule has 3 rings (SSSR count). The zero-order valence-corrected chi connectivity index (χ0v) is 10.9. The normalized spacial score (nSPS) is 12.9. The lowest BCUT2D eigenvalue weighted by Crippen LogP contribution is -2.25. The van der Waals surface area contributed by atoms with Crippen molar-refractivity contribution < 1.29 is 14.3 Å². The van der Waals surface area contributed by atoms with Gasteiger partial charge in [0, 0.05) is 18.0 Å². The fourth-order valence-electron chi connectivity index (χ4n) is 1.96. The van der Waals surface area contributed by atoms with E-state index in [1.54, 1.807) is 30.3 Å². The summed E-state index contributed by atoms with van der Waals surface area (Å²) in [5, 5.41) is 5.38. The summed E-state index contributed by atoms with van der Waals surface area (Å²) in [6, 6.07) is 8.19. The van der Waals surface area contributed by atoms with Crippen LogP contribution in [0.25, 0.3) is 0 Å². The molecule has 2 amide bonds. The molecule has 21 heavy (non-hydrogen) atoms. The SMILES string of the molecule is Nc1ncccc1C(=O)Nc1ccc2c(c1)OCC(=O)N2. The quantitative estimate of drug-likeness (QED) is 0.769. The van der Waals surface area contributed by atoms with Gasteiger partial charge in [-0.25, -0.2) is 4.98 Å². The minimum atomic E-state index is -0.361. The molecule has 0 atom stereocenters. The molecule has 1 aromatic carbocycles. The van der Waals surface area contributed by atoms with Crippen molar-refractivity contribution in [2.45, 2.75) is 0 Å². The first kappa shape index (κ1) is 12.9. The lowest BCUT2D eigenvalue weighted by Gasteiger charge is -2.18. The molecular formula is C14H12N4O3. The summed E-state index contributed by atoms with van der Waals surface area (Å²) in [7, 11) is 0. The number of anilines is 3. The predicted molar refractivity (Wildman–Crippen MR) is 77.2 cm³/mol. The van der Waals surface area contributed by atoms with Crippen molar-refractivity contribution in [2.24, 2.45) is 0 Å². The van der Waals surface area contributed by atoms with E-state index < -0.39 is 0 Å².